The van der Waals surface area contributed by atoms with Gasteiger partial charge in [-0.3, -0.25) is 0 Å². The minimum absolute atomic E-state index is 0.736. The van der Waals surface area contributed by atoms with Gasteiger partial charge >= 0.3 is 0 Å². The van der Waals surface area contributed by atoms with Crippen molar-refractivity contribution in [1.29, 1.82) is 0 Å². The molecule has 0 aliphatic rings. The van der Waals surface area contributed by atoms with Crippen LogP contribution in [0.25, 0.3) is 0 Å². The Labute approximate surface area is 129 Å². The summed E-state index contributed by atoms with van der Waals surface area (Å²) in [5.41, 5.74) is 16.9. The van der Waals surface area contributed by atoms with E-state index in [1.165, 1.54) is 0 Å². The number of hydrogen-bond acceptors (Lipinski definition) is 3. The minimum atomic E-state index is 0.736. The van der Waals surface area contributed by atoms with Crippen LogP contribution in [0.2, 0.25) is 0 Å². The predicted molar refractivity (Wildman–Crippen MR) is 93.4 cm³/mol. The molecule has 0 spiro atoms. The van der Waals surface area contributed by atoms with E-state index in [-0.39, 0.29) is 0 Å². The number of aliphatic imine (C=N–C) groups is 1. The molecule has 3 aromatic rings. The maximum Gasteiger partial charge on any atom is 0.0781 e. The van der Waals surface area contributed by atoms with Gasteiger partial charge in [0, 0.05) is 22.5 Å². The Bertz CT molecular complexity index is 726. The van der Waals surface area contributed by atoms with Crippen molar-refractivity contribution in [2.45, 2.75) is 0 Å². The molecular weight excluding hydrogens is 270 g/mol. The van der Waals surface area contributed by atoms with Crippen molar-refractivity contribution < 1.29 is 0 Å². The SMILES string of the molecule is Nc1ccc(C(=Nc2ccccc2)c2ccc(N)cc2)cc1. The van der Waals surface area contributed by atoms with Gasteiger partial charge in [0.15, 0.2) is 0 Å². The summed E-state index contributed by atoms with van der Waals surface area (Å²) < 4.78 is 0. The number of nitrogen functional groups attached to an aromatic ring is 2. The third-order valence-corrected chi connectivity index (χ3v) is 3.37. The second-order valence-electron chi connectivity index (χ2n) is 5.04. The molecule has 0 aromatic heterocycles. The molecular formula is C19H17N3. The molecule has 3 rings (SSSR count). The lowest BCUT2D eigenvalue weighted by atomic mass is 10.0. The van der Waals surface area contributed by atoms with Crippen LogP contribution in [0.15, 0.2) is 83.9 Å². The average molecular weight is 287 g/mol. The van der Waals surface area contributed by atoms with Gasteiger partial charge in [-0.25, -0.2) is 4.99 Å². The molecule has 0 bridgehead atoms. The van der Waals surface area contributed by atoms with Crippen LogP contribution in [-0.2, 0) is 0 Å². The maximum absolute atomic E-state index is 5.78. The van der Waals surface area contributed by atoms with Crippen molar-refractivity contribution in [3.05, 3.63) is 90.0 Å². The molecule has 4 N–H and O–H groups in total. The van der Waals surface area contributed by atoms with Gasteiger partial charge in [-0.2, -0.15) is 0 Å². The highest BCUT2D eigenvalue weighted by Crippen LogP contribution is 2.19. The van der Waals surface area contributed by atoms with E-state index in [0.717, 1.165) is 33.9 Å². The van der Waals surface area contributed by atoms with Crippen LogP contribution in [0.3, 0.4) is 0 Å². The van der Waals surface area contributed by atoms with E-state index in [1.807, 2.05) is 78.9 Å². The van der Waals surface area contributed by atoms with Crippen LogP contribution < -0.4 is 11.5 Å². The first kappa shape index (κ1) is 13.9. The van der Waals surface area contributed by atoms with Gasteiger partial charge in [0.1, 0.15) is 0 Å². The van der Waals surface area contributed by atoms with Gasteiger partial charge in [0.05, 0.1) is 11.4 Å². The molecule has 0 saturated carbocycles. The second-order valence-corrected chi connectivity index (χ2v) is 5.04. The summed E-state index contributed by atoms with van der Waals surface area (Å²) in [6, 6.07) is 25.3. The lowest BCUT2D eigenvalue weighted by Crippen LogP contribution is -2.03. The van der Waals surface area contributed by atoms with E-state index in [0.29, 0.717) is 0 Å². The lowest BCUT2D eigenvalue weighted by molar-refractivity contribution is 1.47. The monoisotopic (exact) mass is 287 g/mol. The van der Waals surface area contributed by atoms with E-state index < -0.39 is 0 Å². The molecule has 108 valence electrons. The summed E-state index contributed by atoms with van der Waals surface area (Å²) in [6.45, 7) is 0. The molecule has 3 heteroatoms. The standard InChI is InChI=1S/C19H17N3/c20-16-10-6-14(7-11-16)19(15-8-12-17(21)13-9-15)22-18-4-2-1-3-5-18/h1-13H,20-21H2. The van der Waals surface area contributed by atoms with Crippen LogP contribution >= 0.6 is 0 Å². The molecule has 0 aliphatic carbocycles. The zero-order valence-electron chi connectivity index (χ0n) is 12.1. The number of anilines is 2. The van der Waals surface area contributed by atoms with Crippen LogP contribution in [-0.4, -0.2) is 5.71 Å². The highest BCUT2D eigenvalue weighted by molar-refractivity contribution is 6.14. The summed E-state index contributed by atoms with van der Waals surface area (Å²) in [4.78, 5) is 4.79. The van der Waals surface area contributed by atoms with Gasteiger partial charge < -0.3 is 11.5 Å². The number of nitrogens with two attached hydrogens (primary N) is 2. The summed E-state index contributed by atoms with van der Waals surface area (Å²) in [5.74, 6) is 0. The summed E-state index contributed by atoms with van der Waals surface area (Å²) in [5, 5.41) is 0. The maximum atomic E-state index is 5.78. The van der Waals surface area contributed by atoms with Gasteiger partial charge in [-0.05, 0) is 36.4 Å². The number of para-hydroxylation sites is 1. The normalized spacial score (nSPS) is 10.2. The first-order valence-electron chi connectivity index (χ1n) is 7.08. The van der Waals surface area contributed by atoms with Gasteiger partial charge in [-0.15, -0.1) is 0 Å². The Morgan fingerprint density at radius 2 is 1.05 bits per heavy atom. The van der Waals surface area contributed by atoms with Crippen molar-refractivity contribution in [2.75, 3.05) is 11.5 Å². The number of hydrogen-bond donors (Lipinski definition) is 2. The molecule has 0 unspecified atom stereocenters. The predicted octanol–water partition coefficient (Wildman–Crippen LogP) is 4.02. The van der Waals surface area contributed by atoms with E-state index >= 15 is 0 Å². The first-order chi connectivity index (χ1) is 10.7. The summed E-state index contributed by atoms with van der Waals surface area (Å²) in [6.07, 6.45) is 0. The highest BCUT2D eigenvalue weighted by Gasteiger charge is 2.07. The molecule has 0 aliphatic heterocycles. The number of benzene rings is 3. The van der Waals surface area contributed by atoms with Crippen molar-refractivity contribution in [1.82, 2.24) is 0 Å². The summed E-state index contributed by atoms with van der Waals surface area (Å²) >= 11 is 0. The van der Waals surface area contributed by atoms with E-state index in [2.05, 4.69) is 0 Å². The van der Waals surface area contributed by atoms with Crippen molar-refractivity contribution in [3.8, 4) is 0 Å². The zero-order valence-corrected chi connectivity index (χ0v) is 12.1. The third kappa shape index (κ3) is 3.15. The van der Waals surface area contributed by atoms with Crippen molar-refractivity contribution >= 4 is 22.8 Å². The zero-order chi connectivity index (χ0) is 15.4. The van der Waals surface area contributed by atoms with Crippen LogP contribution in [0.4, 0.5) is 17.1 Å². The molecule has 3 nitrogen and oxygen atoms in total. The fourth-order valence-corrected chi connectivity index (χ4v) is 2.21. The van der Waals surface area contributed by atoms with E-state index in [1.54, 1.807) is 0 Å². The smallest absolute Gasteiger partial charge is 0.0781 e. The topological polar surface area (TPSA) is 64.4 Å². The Balaban J connectivity index is 2.11. The highest BCUT2D eigenvalue weighted by atomic mass is 14.7. The van der Waals surface area contributed by atoms with E-state index in [9.17, 15) is 0 Å². The molecule has 22 heavy (non-hydrogen) atoms. The van der Waals surface area contributed by atoms with Crippen LogP contribution in [0.1, 0.15) is 11.1 Å². The number of nitrogens with zero attached hydrogens (tertiary/aromatic N) is 1. The second kappa shape index (κ2) is 6.14. The molecule has 0 fully saturated rings. The molecule has 0 saturated heterocycles. The lowest BCUT2D eigenvalue weighted by Gasteiger charge is -2.09. The first-order valence-corrected chi connectivity index (χ1v) is 7.08. The van der Waals surface area contributed by atoms with Gasteiger partial charge in [0.25, 0.3) is 0 Å². The van der Waals surface area contributed by atoms with Gasteiger partial charge in [0.2, 0.25) is 0 Å². The summed E-state index contributed by atoms with van der Waals surface area (Å²) in [7, 11) is 0. The Kier molecular flexibility index (Phi) is 3.88. The van der Waals surface area contributed by atoms with Crippen molar-refractivity contribution in [2.24, 2.45) is 4.99 Å². The average Bonchev–Trinajstić information content (AvgIpc) is 2.56. The number of rotatable bonds is 3. The fourth-order valence-electron chi connectivity index (χ4n) is 2.21. The molecule has 0 amide bonds. The molecule has 0 heterocycles. The van der Waals surface area contributed by atoms with Crippen LogP contribution in [0, 0.1) is 0 Å². The fraction of sp³-hybridized carbons (Fsp3) is 0. The largest absolute Gasteiger partial charge is 0.399 e. The van der Waals surface area contributed by atoms with E-state index in [4.69, 9.17) is 16.5 Å². The van der Waals surface area contributed by atoms with Crippen molar-refractivity contribution in [3.63, 3.8) is 0 Å². The Morgan fingerprint density at radius 3 is 1.50 bits per heavy atom. The van der Waals surface area contributed by atoms with Gasteiger partial charge in [-0.1, -0.05) is 42.5 Å². The van der Waals surface area contributed by atoms with Crippen LogP contribution in [0.5, 0.6) is 0 Å². The molecule has 0 radical (unpaired) electrons. The Hall–Kier alpha value is -3.07. The Morgan fingerprint density at radius 1 is 0.591 bits per heavy atom. The quantitative estimate of drug-likeness (QED) is 0.564. The molecule has 0 atom stereocenters. The molecule has 3 aromatic carbocycles. The third-order valence-electron chi connectivity index (χ3n) is 3.37. The minimum Gasteiger partial charge on any atom is -0.399 e.